The fourth-order valence-electron chi connectivity index (χ4n) is 3.17. The van der Waals surface area contributed by atoms with E-state index in [-0.39, 0.29) is 26.3 Å². The highest BCUT2D eigenvalue weighted by molar-refractivity contribution is 8.04. The number of imide groups is 1. The van der Waals surface area contributed by atoms with E-state index in [9.17, 15) is 9.59 Å². The normalized spacial score (nSPS) is 13.9. The van der Waals surface area contributed by atoms with Crippen molar-refractivity contribution in [2.75, 3.05) is 16.8 Å². The Kier molecular flexibility index (Phi) is 6.30. The standard InChI is InChI=1S/C23H15Cl3N2O2S/c1-27(15-6-3-2-4-7-15)20-21(31-16-12-10-14(24)11-13-16)23(30)28(22(20)29)18-9-5-8-17(25)19(18)26/h2-13H,1H3. The largest absolute Gasteiger partial charge is 0.339 e. The minimum absolute atomic E-state index is 0.144. The topological polar surface area (TPSA) is 40.6 Å². The van der Waals surface area contributed by atoms with Gasteiger partial charge in [0.25, 0.3) is 11.8 Å². The zero-order valence-electron chi connectivity index (χ0n) is 16.2. The highest BCUT2D eigenvalue weighted by atomic mass is 35.5. The SMILES string of the molecule is CN(C1=C(Sc2ccc(Cl)cc2)C(=O)N(c2cccc(Cl)c2Cl)C1=O)c1ccccc1. The molecular weight excluding hydrogens is 475 g/mol. The van der Waals surface area contributed by atoms with E-state index >= 15 is 0 Å². The summed E-state index contributed by atoms with van der Waals surface area (Å²) in [6.45, 7) is 0. The molecule has 4 rings (SSSR count). The monoisotopic (exact) mass is 488 g/mol. The Labute approximate surface area is 199 Å². The summed E-state index contributed by atoms with van der Waals surface area (Å²) in [7, 11) is 1.75. The zero-order valence-corrected chi connectivity index (χ0v) is 19.3. The Hall–Kier alpha value is -2.44. The number of anilines is 2. The summed E-state index contributed by atoms with van der Waals surface area (Å²) >= 11 is 19.7. The van der Waals surface area contributed by atoms with Crippen molar-refractivity contribution in [3.63, 3.8) is 0 Å². The lowest BCUT2D eigenvalue weighted by molar-refractivity contribution is -0.120. The molecule has 0 unspecified atom stereocenters. The van der Waals surface area contributed by atoms with Crippen LogP contribution < -0.4 is 9.80 Å². The molecule has 0 spiro atoms. The number of thioether (sulfide) groups is 1. The Balaban J connectivity index is 1.82. The number of nitrogens with zero attached hydrogens (tertiary/aromatic N) is 2. The van der Waals surface area contributed by atoms with Crippen molar-refractivity contribution >= 4 is 69.8 Å². The lowest BCUT2D eigenvalue weighted by Gasteiger charge is -2.22. The first-order chi connectivity index (χ1) is 14.9. The Morgan fingerprint density at radius 3 is 2.16 bits per heavy atom. The molecule has 31 heavy (non-hydrogen) atoms. The highest BCUT2D eigenvalue weighted by Crippen LogP contribution is 2.42. The highest BCUT2D eigenvalue weighted by Gasteiger charge is 2.43. The lowest BCUT2D eigenvalue weighted by Crippen LogP contribution is -2.34. The van der Waals surface area contributed by atoms with Gasteiger partial charge >= 0.3 is 0 Å². The molecule has 1 heterocycles. The van der Waals surface area contributed by atoms with Crippen LogP contribution in [0.5, 0.6) is 0 Å². The molecular formula is C23H15Cl3N2O2S. The van der Waals surface area contributed by atoms with E-state index in [0.29, 0.717) is 5.02 Å². The van der Waals surface area contributed by atoms with Crippen LogP contribution in [0.2, 0.25) is 15.1 Å². The molecule has 0 radical (unpaired) electrons. The summed E-state index contributed by atoms with van der Waals surface area (Å²) in [4.78, 5) is 30.8. The predicted molar refractivity (Wildman–Crippen MR) is 128 cm³/mol. The van der Waals surface area contributed by atoms with Crippen LogP contribution in [-0.2, 0) is 9.59 Å². The van der Waals surface area contributed by atoms with Gasteiger partial charge in [-0.15, -0.1) is 0 Å². The van der Waals surface area contributed by atoms with Crippen LogP contribution in [0.25, 0.3) is 0 Å². The quantitative estimate of drug-likeness (QED) is 0.376. The molecule has 4 nitrogen and oxygen atoms in total. The number of halogens is 3. The van der Waals surface area contributed by atoms with E-state index in [1.165, 1.54) is 11.8 Å². The number of rotatable bonds is 5. The van der Waals surface area contributed by atoms with E-state index in [0.717, 1.165) is 15.5 Å². The summed E-state index contributed by atoms with van der Waals surface area (Å²) in [5.74, 6) is -0.941. The van der Waals surface area contributed by atoms with Gasteiger partial charge in [0.1, 0.15) is 10.6 Å². The van der Waals surface area contributed by atoms with Crippen molar-refractivity contribution < 1.29 is 9.59 Å². The van der Waals surface area contributed by atoms with Gasteiger partial charge in [0.05, 0.1) is 15.7 Å². The van der Waals surface area contributed by atoms with Gasteiger partial charge in [0.15, 0.2) is 0 Å². The van der Waals surface area contributed by atoms with Crippen LogP contribution in [0, 0.1) is 0 Å². The van der Waals surface area contributed by atoms with Crippen molar-refractivity contribution in [1.29, 1.82) is 0 Å². The molecule has 2 amide bonds. The molecule has 1 aliphatic rings. The molecule has 8 heteroatoms. The molecule has 156 valence electrons. The molecule has 0 fully saturated rings. The van der Waals surface area contributed by atoms with Crippen molar-refractivity contribution in [3.8, 4) is 0 Å². The summed E-state index contributed by atoms with van der Waals surface area (Å²) in [6.07, 6.45) is 0. The first-order valence-electron chi connectivity index (χ1n) is 9.17. The Morgan fingerprint density at radius 2 is 1.48 bits per heavy atom. The third kappa shape index (κ3) is 4.19. The van der Waals surface area contributed by atoms with E-state index in [4.69, 9.17) is 34.8 Å². The van der Waals surface area contributed by atoms with Gasteiger partial charge in [-0.3, -0.25) is 9.59 Å². The number of hydrogen-bond acceptors (Lipinski definition) is 4. The van der Waals surface area contributed by atoms with Crippen LogP contribution in [0.3, 0.4) is 0 Å². The van der Waals surface area contributed by atoms with Crippen molar-refractivity contribution in [2.45, 2.75) is 4.90 Å². The zero-order chi connectivity index (χ0) is 22.1. The van der Waals surface area contributed by atoms with Gasteiger partial charge in [-0.1, -0.05) is 70.8 Å². The molecule has 0 bridgehead atoms. The van der Waals surface area contributed by atoms with Gasteiger partial charge in [0.2, 0.25) is 0 Å². The second-order valence-electron chi connectivity index (χ2n) is 6.65. The first-order valence-corrected chi connectivity index (χ1v) is 11.1. The van der Waals surface area contributed by atoms with Crippen molar-refractivity contribution in [2.24, 2.45) is 0 Å². The van der Waals surface area contributed by atoms with Crippen molar-refractivity contribution in [1.82, 2.24) is 0 Å². The second kappa shape index (κ2) is 8.97. The average Bonchev–Trinajstić information content (AvgIpc) is 3.01. The number of para-hydroxylation sites is 1. The maximum atomic E-state index is 13.5. The third-order valence-electron chi connectivity index (χ3n) is 4.70. The Morgan fingerprint density at radius 1 is 0.806 bits per heavy atom. The molecule has 0 aromatic heterocycles. The van der Waals surface area contributed by atoms with Crippen molar-refractivity contribution in [3.05, 3.63) is 98.5 Å². The van der Waals surface area contributed by atoms with E-state index in [2.05, 4.69) is 0 Å². The number of likely N-dealkylation sites (N-methyl/N-ethyl adjacent to an activating group) is 1. The lowest BCUT2D eigenvalue weighted by atomic mass is 10.2. The predicted octanol–water partition coefficient (Wildman–Crippen LogP) is 6.66. The molecule has 0 saturated heterocycles. The van der Waals surface area contributed by atoms with Crippen LogP contribution in [0.4, 0.5) is 11.4 Å². The smallest absolute Gasteiger partial charge is 0.283 e. The molecule has 1 aliphatic heterocycles. The summed E-state index contributed by atoms with van der Waals surface area (Å²) in [5, 5.41) is 0.989. The van der Waals surface area contributed by atoms with Gasteiger partial charge in [-0.05, 0) is 48.5 Å². The summed E-state index contributed by atoms with van der Waals surface area (Å²) < 4.78 is 0. The van der Waals surface area contributed by atoms with Crippen LogP contribution >= 0.6 is 46.6 Å². The number of carbonyl (C=O) groups is 2. The number of benzene rings is 3. The molecule has 0 saturated carbocycles. The first kappa shape index (κ1) is 21.8. The molecule has 0 aliphatic carbocycles. The van der Waals surface area contributed by atoms with Crippen LogP contribution in [0.1, 0.15) is 0 Å². The number of hydrogen-bond donors (Lipinski definition) is 0. The summed E-state index contributed by atoms with van der Waals surface area (Å²) in [5.41, 5.74) is 1.27. The fourth-order valence-corrected chi connectivity index (χ4v) is 4.68. The summed E-state index contributed by atoms with van der Waals surface area (Å²) in [6, 6.07) is 21.3. The number of amides is 2. The van der Waals surface area contributed by atoms with E-state index in [1.807, 2.05) is 30.3 Å². The van der Waals surface area contributed by atoms with Gasteiger partial charge in [0, 0.05) is 22.7 Å². The molecule has 3 aromatic carbocycles. The molecule has 3 aromatic rings. The fraction of sp³-hybridized carbons (Fsp3) is 0.0435. The van der Waals surface area contributed by atoms with Gasteiger partial charge in [-0.25, -0.2) is 4.90 Å². The Bertz CT molecular complexity index is 1200. The van der Waals surface area contributed by atoms with Crippen LogP contribution in [0.15, 0.2) is 88.3 Å². The minimum Gasteiger partial charge on any atom is -0.339 e. The number of carbonyl (C=O) groups excluding carboxylic acids is 2. The average molecular weight is 490 g/mol. The maximum absolute atomic E-state index is 13.5. The van der Waals surface area contributed by atoms with E-state index < -0.39 is 11.8 Å². The second-order valence-corrected chi connectivity index (χ2v) is 8.95. The van der Waals surface area contributed by atoms with E-state index in [1.54, 1.807) is 54.4 Å². The molecule has 0 N–H and O–H groups in total. The molecule has 0 atom stereocenters. The van der Waals surface area contributed by atoms with Crippen LogP contribution in [-0.4, -0.2) is 18.9 Å². The maximum Gasteiger partial charge on any atom is 0.283 e. The minimum atomic E-state index is -0.475. The van der Waals surface area contributed by atoms with Gasteiger partial charge in [-0.2, -0.15) is 0 Å². The van der Waals surface area contributed by atoms with Gasteiger partial charge < -0.3 is 4.90 Å². The third-order valence-corrected chi connectivity index (χ3v) is 6.84.